The van der Waals surface area contributed by atoms with E-state index in [-0.39, 0.29) is 18.0 Å². The highest BCUT2D eigenvalue weighted by atomic mass is 16.2. The number of hydrogen-bond acceptors (Lipinski definition) is 5. The van der Waals surface area contributed by atoms with E-state index in [1.165, 1.54) is 6.33 Å². The number of anilines is 1. The van der Waals surface area contributed by atoms with E-state index in [0.29, 0.717) is 6.42 Å². The molecule has 4 heterocycles. The summed E-state index contributed by atoms with van der Waals surface area (Å²) in [7, 11) is 0. The average Bonchev–Trinajstić information content (AvgIpc) is 3.08. The first-order valence-electron chi connectivity index (χ1n) is 7.54. The topological polar surface area (TPSA) is 62.2 Å². The minimum absolute atomic E-state index is 0.163. The predicted octanol–water partition coefficient (Wildman–Crippen LogP) is 1.25. The Morgan fingerprint density at radius 2 is 2.05 bits per heavy atom. The van der Waals surface area contributed by atoms with Gasteiger partial charge in [0, 0.05) is 31.7 Å². The molecule has 0 unspecified atom stereocenters. The first kappa shape index (κ1) is 13.3. The van der Waals surface area contributed by atoms with Crippen molar-refractivity contribution < 1.29 is 4.79 Å². The van der Waals surface area contributed by atoms with Gasteiger partial charge < -0.3 is 4.90 Å². The summed E-state index contributed by atoms with van der Waals surface area (Å²) in [5.74, 6) is 0.163. The smallest absolute Gasteiger partial charge is 0.229 e. The van der Waals surface area contributed by atoms with Gasteiger partial charge in [0.25, 0.3) is 0 Å². The lowest BCUT2D eigenvalue weighted by Gasteiger charge is -2.24. The third kappa shape index (κ3) is 2.25. The van der Waals surface area contributed by atoms with Crippen molar-refractivity contribution >= 4 is 11.6 Å². The van der Waals surface area contributed by atoms with Crippen molar-refractivity contribution in [3.8, 4) is 0 Å². The second kappa shape index (κ2) is 5.46. The van der Waals surface area contributed by atoms with E-state index in [0.717, 1.165) is 30.9 Å². The minimum atomic E-state index is 0.163. The lowest BCUT2D eigenvalue weighted by atomic mass is 10.1. The molecule has 0 N–H and O–H groups in total. The number of amides is 1. The second-order valence-corrected chi connectivity index (χ2v) is 5.78. The van der Waals surface area contributed by atoms with Gasteiger partial charge in [0.05, 0.1) is 29.8 Å². The summed E-state index contributed by atoms with van der Waals surface area (Å²) < 4.78 is 0. The molecule has 2 atom stereocenters. The standard InChI is InChI=1S/C16H17N5O/c22-16-7-15-14(21(16)13-8-17-11-18-9-13)4-6-20(15)10-12-3-1-2-5-19-12/h1-3,5,8-9,11,14-15H,4,6-7,10H2/t14-,15+/m1/s1. The van der Waals surface area contributed by atoms with Crippen LogP contribution in [0.1, 0.15) is 18.5 Å². The number of carbonyl (C=O) groups excluding carboxylic acids is 1. The third-order valence-corrected chi connectivity index (χ3v) is 4.53. The quantitative estimate of drug-likeness (QED) is 0.853. The molecule has 4 rings (SSSR count). The fourth-order valence-electron chi connectivity index (χ4n) is 3.58. The highest BCUT2D eigenvalue weighted by Gasteiger charge is 2.47. The van der Waals surface area contributed by atoms with E-state index in [1.54, 1.807) is 12.4 Å². The van der Waals surface area contributed by atoms with Gasteiger partial charge in [-0.3, -0.25) is 14.7 Å². The highest BCUT2D eigenvalue weighted by molar-refractivity contribution is 5.97. The summed E-state index contributed by atoms with van der Waals surface area (Å²) in [4.78, 5) is 29.1. The van der Waals surface area contributed by atoms with Gasteiger partial charge in [-0.1, -0.05) is 6.07 Å². The number of likely N-dealkylation sites (tertiary alicyclic amines) is 1. The van der Waals surface area contributed by atoms with E-state index in [9.17, 15) is 4.79 Å². The number of carbonyl (C=O) groups is 1. The van der Waals surface area contributed by atoms with Crippen LogP contribution in [-0.4, -0.2) is 44.4 Å². The molecule has 2 aromatic heterocycles. The number of fused-ring (bicyclic) bond motifs is 1. The number of rotatable bonds is 3. The molecular weight excluding hydrogens is 278 g/mol. The van der Waals surface area contributed by atoms with Crippen molar-refractivity contribution in [2.75, 3.05) is 11.4 Å². The van der Waals surface area contributed by atoms with Crippen LogP contribution in [-0.2, 0) is 11.3 Å². The zero-order valence-electron chi connectivity index (χ0n) is 12.2. The number of pyridine rings is 1. The molecule has 1 amide bonds. The van der Waals surface area contributed by atoms with Crippen LogP contribution in [0, 0.1) is 0 Å². The number of hydrogen-bond donors (Lipinski definition) is 0. The summed E-state index contributed by atoms with van der Waals surface area (Å²) in [6.07, 6.45) is 8.29. The van der Waals surface area contributed by atoms with E-state index < -0.39 is 0 Å². The number of aromatic nitrogens is 3. The average molecular weight is 295 g/mol. The monoisotopic (exact) mass is 295 g/mol. The Hall–Kier alpha value is -2.34. The maximum atomic E-state index is 12.4. The molecule has 0 aliphatic carbocycles. The normalized spacial score (nSPS) is 24.7. The molecular formula is C16H17N5O. The summed E-state index contributed by atoms with van der Waals surface area (Å²) in [5, 5.41) is 0. The van der Waals surface area contributed by atoms with Crippen LogP contribution in [0.2, 0.25) is 0 Å². The van der Waals surface area contributed by atoms with Gasteiger partial charge in [0.15, 0.2) is 0 Å². The summed E-state index contributed by atoms with van der Waals surface area (Å²) in [6, 6.07) is 6.44. The molecule has 0 bridgehead atoms. The van der Waals surface area contributed by atoms with Crippen molar-refractivity contribution in [3.63, 3.8) is 0 Å². The first-order valence-corrected chi connectivity index (χ1v) is 7.54. The summed E-state index contributed by atoms with van der Waals surface area (Å²) in [5.41, 5.74) is 1.86. The van der Waals surface area contributed by atoms with Gasteiger partial charge in [0.2, 0.25) is 5.91 Å². The molecule has 0 aromatic carbocycles. The molecule has 2 fully saturated rings. The molecule has 22 heavy (non-hydrogen) atoms. The van der Waals surface area contributed by atoms with Crippen LogP contribution in [0.5, 0.6) is 0 Å². The van der Waals surface area contributed by atoms with E-state index >= 15 is 0 Å². The molecule has 6 heteroatoms. The molecule has 0 radical (unpaired) electrons. The Balaban J connectivity index is 1.54. The lowest BCUT2D eigenvalue weighted by molar-refractivity contribution is -0.117. The zero-order valence-corrected chi connectivity index (χ0v) is 12.2. The van der Waals surface area contributed by atoms with Crippen molar-refractivity contribution in [2.45, 2.75) is 31.5 Å². The maximum Gasteiger partial charge on any atom is 0.229 e. The van der Waals surface area contributed by atoms with Crippen molar-refractivity contribution in [3.05, 3.63) is 48.8 Å². The first-order chi connectivity index (χ1) is 10.8. The molecule has 6 nitrogen and oxygen atoms in total. The lowest BCUT2D eigenvalue weighted by Crippen LogP contribution is -2.37. The van der Waals surface area contributed by atoms with Gasteiger partial charge in [-0.2, -0.15) is 0 Å². The van der Waals surface area contributed by atoms with Crippen LogP contribution in [0.25, 0.3) is 0 Å². The fraction of sp³-hybridized carbons (Fsp3) is 0.375. The van der Waals surface area contributed by atoms with Crippen LogP contribution in [0.15, 0.2) is 43.1 Å². The fourth-order valence-corrected chi connectivity index (χ4v) is 3.58. The minimum Gasteiger partial charge on any atom is -0.305 e. The van der Waals surface area contributed by atoms with Gasteiger partial charge in [-0.25, -0.2) is 9.97 Å². The van der Waals surface area contributed by atoms with E-state index in [1.807, 2.05) is 29.3 Å². The molecule has 2 aromatic rings. The largest absolute Gasteiger partial charge is 0.305 e. The summed E-state index contributed by atoms with van der Waals surface area (Å²) in [6.45, 7) is 1.79. The van der Waals surface area contributed by atoms with Gasteiger partial charge in [0.1, 0.15) is 6.33 Å². The molecule has 2 aliphatic rings. The third-order valence-electron chi connectivity index (χ3n) is 4.53. The SMILES string of the molecule is O=C1C[C@H]2[C@@H](CCN2Cc2ccccn2)N1c1cncnc1. The van der Waals surface area contributed by atoms with Crippen molar-refractivity contribution in [1.29, 1.82) is 0 Å². The van der Waals surface area contributed by atoms with Gasteiger partial charge >= 0.3 is 0 Å². The Kier molecular flexibility index (Phi) is 3.31. The van der Waals surface area contributed by atoms with Crippen LogP contribution in [0.4, 0.5) is 5.69 Å². The Morgan fingerprint density at radius 1 is 1.18 bits per heavy atom. The molecule has 112 valence electrons. The molecule has 0 spiro atoms. The van der Waals surface area contributed by atoms with E-state index in [2.05, 4.69) is 19.9 Å². The van der Waals surface area contributed by atoms with Crippen LogP contribution < -0.4 is 4.90 Å². The summed E-state index contributed by atoms with van der Waals surface area (Å²) >= 11 is 0. The van der Waals surface area contributed by atoms with Gasteiger partial charge in [-0.05, 0) is 18.6 Å². The maximum absolute atomic E-state index is 12.4. The van der Waals surface area contributed by atoms with Crippen LogP contribution in [0.3, 0.4) is 0 Å². The molecule has 2 aliphatic heterocycles. The van der Waals surface area contributed by atoms with Crippen molar-refractivity contribution in [2.24, 2.45) is 0 Å². The molecule has 0 saturated carbocycles. The zero-order chi connectivity index (χ0) is 14.9. The Bertz CT molecular complexity index is 663. The highest BCUT2D eigenvalue weighted by Crippen LogP contribution is 2.35. The second-order valence-electron chi connectivity index (χ2n) is 5.78. The van der Waals surface area contributed by atoms with Crippen LogP contribution >= 0.6 is 0 Å². The number of nitrogens with zero attached hydrogens (tertiary/aromatic N) is 5. The molecule has 2 saturated heterocycles. The Labute approximate surface area is 128 Å². The predicted molar refractivity (Wildman–Crippen MR) is 81.0 cm³/mol. The van der Waals surface area contributed by atoms with Crippen molar-refractivity contribution in [1.82, 2.24) is 19.9 Å². The van der Waals surface area contributed by atoms with E-state index in [4.69, 9.17) is 0 Å². The van der Waals surface area contributed by atoms with Gasteiger partial charge in [-0.15, -0.1) is 0 Å². The Morgan fingerprint density at radius 3 is 2.82 bits per heavy atom.